The highest BCUT2D eigenvalue weighted by Crippen LogP contribution is 2.36. The number of aliphatic imine (C=N–C) groups is 1. The van der Waals surface area contributed by atoms with E-state index in [9.17, 15) is 13.2 Å². The first-order valence-corrected chi connectivity index (χ1v) is 10.8. The molecule has 0 heterocycles. The average molecular weight is 424 g/mol. The fourth-order valence-electron chi connectivity index (χ4n) is 2.83. The van der Waals surface area contributed by atoms with Crippen molar-refractivity contribution in [2.24, 2.45) is 10.9 Å². The molecule has 1 atom stereocenters. The third-order valence-corrected chi connectivity index (χ3v) is 5.33. The van der Waals surface area contributed by atoms with Crippen LogP contribution < -0.4 is 4.74 Å². The summed E-state index contributed by atoms with van der Waals surface area (Å²) in [4.78, 5) is 4.75. The second kappa shape index (κ2) is 11.9. The summed E-state index contributed by atoms with van der Waals surface area (Å²) in [5.74, 6) is 1.36. The number of hydrogen-bond acceptors (Lipinski definition) is 3. The summed E-state index contributed by atoms with van der Waals surface area (Å²) in [6, 6.07) is 13.9. The van der Waals surface area contributed by atoms with Gasteiger partial charge in [0.25, 0.3) is 0 Å². The Balaban J connectivity index is 1.80. The maximum atomic E-state index is 12.4. The molecule has 0 aliphatic heterocycles. The van der Waals surface area contributed by atoms with Gasteiger partial charge in [-0.25, -0.2) is 0 Å². The van der Waals surface area contributed by atoms with Crippen molar-refractivity contribution in [2.45, 2.75) is 56.5 Å². The lowest BCUT2D eigenvalue weighted by Crippen LogP contribution is -2.03. The van der Waals surface area contributed by atoms with Crippen molar-refractivity contribution < 1.29 is 17.9 Å². The molecule has 0 aromatic heterocycles. The molecule has 0 bridgehead atoms. The predicted octanol–water partition coefficient (Wildman–Crippen LogP) is 7.51. The van der Waals surface area contributed by atoms with E-state index in [4.69, 9.17) is 4.74 Å². The quantitative estimate of drug-likeness (QED) is 0.275. The lowest BCUT2D eigenvalue weighted by molar-refractivity contribution is -0.0328. The molecule has 6 heteroatoms. The van der Waals surface area contributed by atoms with Gasteiger partial charge in [-0.15, -0.1) is 0 Å². The van der Waals surface area contributed by atoms with E-state index < -0.39 is 5.51 Å². The van der Waals surface area contributed by atoms with Crippen LogP contribution >= 0.6 is 11.8 Å². The van der Waals surface area contributed by atoms with Crippen LogP contribution in [-0.2, 0) is 6.61 Å². The van der Waals surface area contributed by atoms with Gasteiger partial charge >= 0.3 is 5.51 Å². The first-order valence-electron chi connectivity index (χ1n) is 9.97. The first kappa shape index (κ1) is 23.3. The maximum absolute atomic E-state index is 12.4. The SMILES string of the molecule is CCCCC(CC)CN=Cc1ccc(OCc2ccc(SC(F)(F)F)cc2)cc1. The maximum Gasteiger partial charge on any atom is 0.446 e. The van der Waals surface area contributed by atoms with Crippen LogP contribution in [0, 0.1) is 5.92 Å². The van der Waals surface area contributed by atoms with Gasteiger partial charge in [-0.1, -0.05) is 45.2 Å². The normalized spacial score (nSPS) is 13.0. The predicted molar refractivity (Wildman–Crippen MR) is 115 cm³/mol. The van der Waals surface area contributed by atoms with Crippen molar-refractivity contribution in [3.63, 3.8) is 0 Å². The molecular formula is C23H28F3NOS. The number of alkyl halides is 3. The van der Waals surface area contributed by atoms with Crippen LogP contribution in [0.4, 0.5) is 13.2 Å². The highest BCUT2D eigenvalue weighted by molar-refractivity contribution is 8.00. The van der Waals surface area contributed by atoms with Crippen LogP contribution in [0.15, 0.2) is 58.4 Å². The minimum atomic E-state index is -4.27. The third kappa shape index (κ3) is 9.39. The van der Waals surface area contributed by atoms with Gasteiger partial charge in [0, 0.05) is 17.7 Å². The van der Waals surface area contributed by atoms with Crippen LogP contribution in [0.3, 0.4) is 0 Å². The molecule has 29 heavy (non-hydrogen) atoms. The molecule has 0 saturated heterocycles. The topological polar surface area (TPSA) is 21.6 Å². The molecule has 0 saturated carbocycles. The van der Waals surface area contributed by atoms with Crippen molar-refractivity contribution in [1.82, 2.24) is 0 Å². The van der Waals surface area contributed by atoms with Crippen LogP contribution in [0.2, 0.25) is 0 Å². The van der Waals surface area contributed by atoms with Crippen LogP contribution in [0.25, 0.3) is 0 Å². The summed E-state index contributed by atoms with van der Waals surface area (Å²) < 4.78 is 42.8. The zero-order chi connectivity index (χ0) is 21.1. The van der Waals surface area contributed by atoms with E-state index in [-0.39, 0.29) is 16.7 Å². The molecule has 2 aromatic rings. The summed E-state index contributed by atoms with van der Waals surface area (Å²) >= 11 is -0.115. The number of unbranched alkanes of at least 4 members (excludes halogenated alkanes) is 1. The molecule has 0 aliphatic rings. The Morgan fingerprint density at radius 2 is 1.72 bits per heavy atom. The molecule has 2 nitrogen and oxygen atoms in total. The zero-order valence-corrected chi connectivity index (χ0v) is 17.7. The van der Waals surface area contributed by atoms with Gasteiger partial charge in [0.05, 0.1) is 0 Å². The Morgan fingerprint density at radius 3 is 2.31 bits per heavy atom. The van der Waals surface area contributed by atoms with Crippen molar-refractivity contribution in [3.05, 3.63) is 59.7 Å². The Labute approximate surface area is 175 Å². The largest absolute Gasteiger partial charge is 0.489 e. The van der Waals surface area contributed by atoms with Crippen molar-refractivity contribution in [2.75, 3.05) is 6.54 Å². The molecule has 0 spiro atoms. The minimum Gasteiger partial charge on any atom is -0.489 e. The number of benzene rings is 2. The highest BCUT2D eigenvalue weighted by atomic mass is 32.2. The van der Waals surface area contributed by atoms with Crippen LogP contribution in [0.5, 0.6) is 5.75 Å². The number of nitrogens with zero attached hydrogens (tertiary/aromatic N) is 1. The number of hydrogen-bond donors (Lipinski definition) is 0. The summed E-state index contributed by atoms with van der Waals surface area (Å²) in [5.41, 5.74) is -2.42. The van der Waals surface area contributed by atoms with Gasteiger partial charge in [0.1, 0.15) is 12.4 Å². The molecule has 2 aromatic carbocycles. The van der Waals surface area contributed by atoms with Crippen molar-refractivity contribution in [1.29, 1.82) is 0 Å². The minimum absolute atomic E-state index is 0.115. The van der Waals surface area contributed by atoms with Crippen molar-refractivity contribution in [3.8, 4) is 5.75 Å². The smallest absolute Gasteiger partial charge is 0.446 e. The van der Waals surface area contributed by atoms with E-state index in [1.165, 1.54) is 31.4 Å². The van der Waals surface area contributed by atoms with Gasteiger partial charge in [-0.2, -0.15) is 13.2 Å². The van der Waals surface area contributed by atoms with Crippen LogP contribution in [0.1, 0.15) is 50.7 Å². The Kier molecular flexibility index (Phi) is 9.58. The summed E-state index contributed by atoms with van der Waals surface area (Å²) in [6.45, 7) is 5.59. The molecule has 0 amide bonds. The Morgan fingerprint density at radius 1 is 1.03 bits per heavy atom. The van der Waals surface area contributed by atoms with E-state index in [1.54, 1.807) is 12.1 Å². The summed E-state index contributed by atoms with van der Waals surface area (Å²) in [5, 5.41) is 0. The number of rotatable bonds is 11. The van der Waals surface area contributed by atoms with E-state index in [2.05, 4.69) is 18.8 Å². The van der Waals surface area contributed by atoms with Gasteiger partial charge in [-0.3, -0.25) is 4.99 Å². The van der Waals surface area contributed by atoms with E-state index in [0.29, 0.717) is 18.3 Å². The zero-order valence-electron chi connectivity index (χ0n) is 16.9. The molecule has 158 valence electrons. The fourth-order valence-corrected chi connectivity index (χ4v) is 3.37. The van der Waals surface area contributed by atoms with Gasteiger partial charge in [0.15, 0.2) is 0 Å². The first-order chi connectivity index (χ1) is 13.9. The second-order valence-corrected chi connectivity index (χ2v) is 8.10. The van der Waals surface area contributed by atoms with E-state index in [1.807, 2.05) is 30.5 Å². The molecule has 0 radical (unpaired) electrons. The molecule has 0 aliphatic carbocycles. The standard InChI is InChI=1S/C23H28F3NOS/c1-3-5-6-18(4-2)15-27-16-19-7-11-21(12-8-19)28-17-20-9-13-22(14-10-20)29-23(24,25)26/h7-14,16,18H,3-6,15,17H2,1-2H3. The fraction of sp³-hybridized carbons (Fsp3) is 0.435. The lowest BCUT2D eigenvalue weighted by Gasteiger charge is -2.10. The summed E-state index contributed by atoms with van der Waals surface area (Å²) in [7, 11) is 0. The number of ether oxygens (including phenoxy) is 1. The third-order valence-electron chi connectivity index (χ3n) is 4.59. The monoisotopic (exact) mass is 423 g/mol. The Hall–Kier alpha value is -1.95. The number of halogens is 3. The Bertz CT molecular complexity index is 742. The van der Waals surface area contributed by atoms with Crippen molar-refractivity contribution >= 4 is 18.0 Å². The lowest BCUT2D eigenvalue weighted by atomic mass is 10.00. The highest BCUT2D eigenvalue weighted by Gasteiger charge is 2.28. The van der Waals surface area contributed by atoms with Gasteiger partial charge in [-0.05, 0) is 71.6 Å². The molecule has 0 N–H and O–H groups in total. The molecule has 1 unspecified atom stereocenters. The van der Waals surface area contributed by atoms with Crippen LogP contribution in [-0.4, -0.2) is 18.3 Å². The van der Waals surface area contributed by atoms with E-state index >= 15 is 0 Å². The summed E-state index contributed by atoms with van der Waals surface area (Å²) in [6.07, 6.45) is 6.75. The molecule has 2 rings (SSSR count). The van der Waals surface area contributed by atoms with Gasteiger partial charge in [0.2, 0.25) is 0 Å². The second-order valence-electron chi connectivity index (χ2n) is 6.96. The molecular weight excluding hydrogens is 395 g/mol. The van der Waals surface area contributed by atoms with E-state index in [0.717, 1.165) is 24.1 Å². The molecule has 0 fully saturated rings. The van der Waals surface area contributed by atoms with Gasteiger partial charge < -0.3 is 4.74 Å². The number of thioether (sulfide) groups is 1. The average Bonchev–Trinajstić information content (AvgIpc) is 2.70.